The Morgan fingerprint density at radius 1 is 1.13 bits per heavy atom. The molecule has 0 saturated carbocycles. The summed E-state index contributed by atoms with van der Waals surface area (Å²) in [6, 6.07) is 9.18. The van der Waals surface area contributed by atoms with Crippen molar-refractivity contribution in [3.05, 3.63) is 48.5 Å². The number of benzene rings is 1. The van der Waals surface area contributed by atoms with Crippen LogP contribution in [0.1, 0.15) is 26.5 Å². The number of anilines is 1. The third-order valence-corrected chi connectivity index (χ3v) is 4.95. The first-order valence-corrected chi connectivity index (χ1v) is 10.3. The number of piperazine rings is 1. The summed E-state index contributed by atoms with van der Waals surface area (Å²) in [6.07, 6.45) is 3.93. The van der Waals surface area contributed by atoms with Gasteiger partial charge in [0.2, 0.25) is 5.91 Å². The van der Waals surface area contributed by atoms with Crippen molar-refractivity contribution in [1.82, 2.24) is 19.8 Å². The number of carbonyl (C=O) groups is 2. The summed E-state index contributed by atoms with van der Waals surface area (Å²) < 4.78 is 5.53. The molecule has 8 heteroatoms. The van der Waals surface area contributed by atoms with E-state index < -0.39 is 11.7 Å². The smallest absolute Gasteiger partial charge is 0.415 e. The van der Waals surface area contributed by atoms with E-state index in [4.69, 9.17) is 4.74 Å². The van der Waals surface area contributed by atoms with E-state index in [-0.39, 0.29) is 12.5 Å². The van der Waals surface area contributed by atoms with Gasteiger partial charge in [0.1, 0.15) is 12.1 Å². The normalized spacial score (nSPS) is 15.1. The quantitative estimate of drug-likeness (QED) is 0.787. The Kier molecular flexibility index (Phi) is 7.10. The number of H-pyrrole nitrogens is 1. The highest BCUT2D eigenvalue weighted by atomic mass is 16.6. The van der Waals surface area contributed by atoms with Crippen LogP contribution in [-0.4, -0.2) is 76.6 Å². The predicted octanol–water partition coefficient (Wildman–Crippen LogP) is 2.54. The monoisotopic (exact) mass is 413 g/mol. The van der Waals surface area contributed by atoms with E-state index in [2.05, 4.69) is 14.9 Å². The Bertz CT molecular complexity index is 809. The van der Waals surface area contributed by atoms with Crippen LogP contribution in [0, 0.1) is 0 Å². The lowest BCUT2D eigenvalue weighted by molar-refractivity contribution is -0.131. The minimum Gasteiger partial charge on any atom is -0.443 e. The average molecular weight is 414 g/mol. The number of rotatable bonds is 6. The molecule has 2 amide bonds. The SMILES string of the molecule is CC(C)(C)OC(=O)N(CC(=O)N1CCN(CCc2cnc[nH]2)CC1)c1ccccc1. The zero-order valence-corrected chi connectivity index (χ0v) is 18.0. The van der Waals surface area contributed by atoms with Gasteiger partial charge in [-0.1, -0.05) is 18.2 Å². The van der Waals surface area contributed by atoms with Crippen molar-refractivity contribution >= 4 is 17.7 Å². The highest BCUT2D eigenvalue weighted by Gasteiger charge is 2.28. The van der Waals surface area contributed by atoms with Gasteiger partial charge in [0, 0.05) is 56.7 Å². The van der Waals surface area contributed by atoms with Crippen LogP contribution in [0.5, 0.6) is 0 Å². The summed E-state index contributed by atoms with van der Waals surface area (Å²) >= 11 is 0. The van der Waals surface area contributed by atoms with E-state index in [1.807, 2.05) is 62.2 Å². The molecule has 1 fully saturated rings. The van der Waals surface area contributed by atoms with Gasteiger partial charge in [0.15, 0.2) is 0 Å². The highest BCUT2D eigenvalue weighted by molar-refractivity contribution is 5.95. The van der Waals surface area contributed by atoms with Gasteiger partial charge >= 0.3 is 6.09 Å². The second-order valence-electron chi connectivity index (χ2n) is 8.45. The van der Waals surface area contributed by atoms with E-state index >= 15 is 0 Å². The van der Waals surface area contributed by atoms with Gasteiger partial charge < -0.3 is 14.6 Å². The maximum absolute atomic E-state index is 12.9. The Balaban J connectivity index is 1.56. The fraction of sp³-hybridized carbons (Fsp3) is 0.500. The number of carbonyl (C=O) groups excluding carboxylic acids is 2. The van der Waals surface area contributed by atoms with Gasteiger partial charge in [-0.05, 0) is 32.9 Å². The van der Waals surface area contributed by atoms with Crippen molar-refractivity contribution in [3.63, 3.8) is 0 Å². The Hall–Kier alpha value is -2.87. The summed E-state index contributed by atoms with van der Waals surface area (Å²) in [7, 11) is 0. The second kappa shape index (κ2) is 9.75. The number of aromatic nitrogens is 2. The standard InChI is InChI=1S/C22H31N5O3/c1-22(2,3)30-21(29)27(19-7-5-4-6-8-19)16-20(28)26-13-11-25(12-14-26)10-9-18-15-23-17-24-18/h4-8,15,17H,9-14,16H2,1-3H3,(H,23,24). The van der Waals surface area contributed by atoms with Gasteiger partial charge in [0.25, 0.3) is 0 Å². The fourth-order valence-corrected chi connectivity index (χ4v) is 3.34. The molecule has 2 heterocycles. The van der Waals surface area contributed by atoms with Crippen LogP contribution in [0.3, 0.4) is 0 Å². The number of imidazole rings is 1. The number of aromatic amines is 1. The van der Waals surface area contributed by atoms with Gasteiger partial charge in [-0.3, -0.25) is 14.6 Å². The number of ether oxygens (including phenoxy) is 1. The zero-order chi connectivity index (χ0) is 21.6. The molecule has 2 aromatic rings. The molecule has 1 aliphatic rings. The molecule has 1 aromatic carbocycles. The van der Waals surface area contributed by atoms with Gasteiger partial charge in [-0.2, -0.15) is 0 Å². The van der Waals surface area contributed by atoms with Crippen LogP contribution < -0.4 is 4.90 Å². The van der Waals surface area contributed by atoms with Crippen molar-refractivity contribution in [2.45, 2.75) is 32.8 Å². The van der Waals surface area contributed by atoms with E-state index in [9.17, 15) is 9.59 Å². The third kappa shape index (κ3) is 6.32. The molecular formula is C22H31N5O3. The van der Waals surface area contributed by atoms with Crippen LogP contribution in [0.2, 0.25) is 0 Å². The third-order valence-electron chi connectivity index (χ3n) is 4.95. The maximum Gasteiger partial charge on any atom is 0.415 e. The van der Waals surface area contributed by atoms with E-state index in [1.165, 1.54) is 4.90 Å². The van der Waals surface area contributed by atoms with Crippen molar-refractivity contribution in [1.29, 1.82) is 0 Å². The summed E-state index contributed by atoms with van der Waals surface area (Å²) in [4.78, 5) is 38.4. The highest BCUT2D eigenvalue weighted by Crippen LogP contribution is 2.18. The summed E-state index contributed by atoms with van der Waals surface area (Å²) in [5.74, 6) is -0.0714. The van der Waals surface area contributed by atoms with Crippen molar-refractivity contribution < 1.29 is 14.3 Å². The van der Waals surface area contributed by atoms with Crippen molar-refractivity contribution in [2.24, 2.45) is 0 Å². The molecule has 3 rings (SSSR count). The van der Waals surface area contributed by atoms with Crippen LogP contribution >= 0.6 is 0 Å². The van der Waals surface area contributed by atoms with E-state index in [0.717, 1.165) is 31.7 Å². The first-order chi connectivity index (χ1) is 14.3. The Morgan fingerprint density at radius 3 is 2.43 bits per heavy atom. The Labute approximate surface area is 177 Å². The molecule has 30 heavy (non-hydrogen) atoms. The van der Waals surface area contributed by atoms with Crippen LogP contribution in [0.25, 0.3) is 0 Å². The topological polar surface area (TPSA) is 81.8 Å². The molecule has 1 saturated heterocycles. The first kappa shape index (κ1) is 21.8. The summed E-state index contributed by atoms with van der Waals surface area (Å²) in [6.45, 7) is 9.29. The number of hydrogen-bond donors (Lipinski definition) is 1. The molecule has 0 spiro atoms. The molecule has 0 bridgehead atoms. The zero-order valence-electron chi connectivity index (χ0n) is 18.0. The second-order valence-corrected chi connectivity index (χ2v) is 8.45. The molecular weight excluding hydrogens is 382 g/mol. The molecule has 1 aliphatic heterocycles. The average Bonchev–Trinajstić information content (AvgIpc) is 3.23. The molecule has 0 unspecified atom stereocenters. The molecule has 162 valence electrons. The van der Waals surface area contributed by atoms with Crippen molar-refractivity contribution in [2.75, 3.05) is 44.2 Å². The number of nitrogens with zero attached hydrogens (tertiary/aromatic N) is 4. The van der Waals surface area contributed by atoms with Crippen LogP contribution in [0.4, 0.5) is 10.5 Å². The van der Waals surface area contributed by atoms with E-state index in [1.54, 1.807) is 6.33 Å². The largest absolute Gasteiger partial charge is 0.443 e. The molecule has 0 atom stereocenters. The van der Waals surface area contributed by atoms with Gasteiger partial charge in [-0.15, -0.1) is 0 Å². The minimum atomic E-state index is -0.632. The van der Waals surface area contributed by atoms with Crippen LogP contribution in [-0.2, 0) is 16.0 Å². The molecule has 8 nitrogen and oxygen atoms in total. The van der Waals surface area contributed by atoms with Crippen LogP contribution in [0.15, 0.2) is 42.9 Å². The molecule has 1 N–H and O–H groups in total. The lowest BCUT2D eigenvalue weighted by atomic mass is 10.2. The first-order valence-electron chi connectivity index (χ1n) is 10.3. The lowest BCUT2D eigenvalue weighted by Crippen LogP contribution is -2.52. The number of nitrogens with one attached hydrogen (secondary N) is 1. The summed E-state index contributed by atoms with van der Waals surface area (Å²) in [5, 5.41) is 0. The van der Waals surface area contributed by atoms with Gasteiger partial charge in [-0.25, -0.2) is 9.78 Å². The fourth-order valence-electron chi connectivity index (χ4n) is 3.34. The minimum absolute atomic E-state index is 0.0347. The predicted molar refractivity (Wildman–Crippen MR) is 115 cm³/mol. The number of amides is 2. The number of para-hydroxylation sites is 1. The van der Waals surface area contributed by atoms with E-state index in [0.29, 0.717) is 18.8 Å². The molecule has 0 aliphatic carbocycles. The summed E-state index contributed by atoms with van der Waals surface area (Å²) in [5.41, 5.74) is 1.13. The molecule has 1 aromatic heterocycles. The Morgan fingerprint density at radius 2 is 1.83 bits per heavy atom. The lowest BCUT2D eigenvalue weighted by Gasteiger charge is -2.36. The van der Waals surface area contributed by atoms with Gasteiger partial charge in [0.05, 0.1) is 6.33 Å². The number of hydrogen-bond acceptors (Lipinski definition) is 5. The molecule has 0 radical (unpaired) electrons. The van der Waals surface area contributed by atoms with Crippen molar-refractivity contribution in [3.8, 4) is 0 Å². The maximum atomic E-state index is 12.9.